The van der Waals surface area contributed by atoms with Gasteiger partial charge in [0.2, 0.25) is 0 Å². The quantitative estimate of drug-likeness (QED) is 0.893. The highest BCUT2D eigenvalue weighted by atomic mass is 35.5. The van der Waals surface area contributed by atoms with Crippen LogP contribution < -0.4 is 5.73 Å². The molecule has 1 saturated carbocycles. The average Bonchev–Trinajstić information content (AvgIpc) is 2.38. The van der Waals surface area contributed by atoms with E-state index in [0.717, 1.165) is 18.0 Å². The highest BCUT2D eigenvalue weighted by Gasteiger charge is 2.24. The van der Waals surface area contributed by atoms with Crippen LogP contribution in [0.1, 0.15) is 31.2 Å². The first-order valence-electron chi connectivity index (χ1n) is 6.35. The van der Waals surface area contributed by atoms with Crippen LogP contribution in [0, 0.1) is 5.92 Å². The molecule has 2 nitrogen and oxygen atoms in total. The van der Waals surface area contributed by atoms with E-state index < -0.39 is 0 Å². The van der Waals surface area contributed by atoms with Crippen LogP contribution in [0.4, 0.5) is 0 Å². The fraction of sp³-hybridized carbons (Fsp3) is 0.571. The van der Waals surface area contributed by atoms with Crippen molar-refractivity contribution in [3.63, 3.8) is 0 Å². The molecule has 0 amide bonds. The molecule has 0 spiro atoms. The van der Waals surface area contributed by atoms with Crippen molar-refractivity contribution in [1.29, 1.82) is 0 Å². The first-order valence-corrected chi connectivity index (χ1v) is 6.73. The first-order chi connectivity index (χ1) is 8.29. The standard InChI is InChI=1S/C14H20ClNO/c15-13-7-5-11(6-8-13)10-17-14-4-2-1-3-12(14)9-16/h5-8,12,14H,1-4,9-10,16H2. The maximum absolute atomic E-state index is 5.99. The zero-order valence-electron chi connectivity index (χ0n) is 10.1. The number of hydrogen-bond donors (Lipinski definition) is 1. The molecule has 0 bridgehead atoms. The molecule has 1 aliphatic carbocycles. The summed E-state index contributed by atoms with van der Waals surface area (Å²) >= 11 is 5.85. The molecule has 0 heterocycles. The maximum atomic E-state index is 5.99. The van der Waals surface area contributed by atoms with Gasteiger partial charge in [-0.1, -0.05) is 36.6 Å². The summed E-state index contributed by atoms with van der Waals surface area (Å²) in [6.45, 7) is 1.41. The Labute approximate surface area is 108 Å². The Bertz CT molecular complexity index is 339. The van der Waals surface area contributed by atoms with E-state index in [1.54, 1.807) is 0 Å². The van der Waals surface area contributed by atoms with E-state index in [4.69, 9.17) is 22.1 Å². The molecule has 2 rings (SSSR count). The van der Waals surface area contributed by atoms with Crippen LogP contribution >= 0.6 is 11.6 Å². The molecule has 94 valence electrons. The van der Waals surface area contributed by atoms with E-state index in [0.29, 0.717) is 18.6 Å². The molecular weight excluding hydrogens is 234 g/mol. The minimum Gasteiger partial charge on any atom is -0.373 e. The lowest BCUT2D eigenvalue weighted by Crippen LogP contribution is -2.33. The fourth-order valence-electron chi connectivity index (χ4n) is 2.45. The number of rotatable bonds is 4. The molecule has 0 radical (unpaired) electrons. The summed E-state index contributed by atoms with van der Waals surface area (Å²) in [5, 5.41) is 0.770. The van der Waals surface area contributed by atoms with Crippen molar-refractivity contribution in [3.8, 4) is 0 Å². The van der Waals surface area contributed by atoms with Gasteiger partial charge in [-0.15, -0.1) is 0 Å². The van der Waals surface area contributed by atoms with Gasteiger partial charge in [-0.05, 0) is 43.0 Å². The van der Waals surface area contributed by atoms with Crippen LogP contribution in [0.15, 0.2) is 24.3 Å². The second kappa shape index (κ2) is 6.39. The SMILES string of the molecule is NCC1CCCCC1OCc1ccc(Cl)cc1. The number of benzene rings is 1. The normalized spacial score (nSPS) is 24.8. The van der Waals surface area contributed by atoms with E-state index in [2.05, 4.69) is 0 Å². The van der Waals surface area contributed by atoms with Crippen molar-refractivity contribution in [2.45, 2.75) is 38.4 Å². The smallest absolute Gasteiger partial charge is 0.0720 e. The third-order valence-corrected chi connectivity index (χ3v) is 3.77. The van der Waals surface area contributed by atoms with Crippen molar-refractivity contribution in [2.24, 2.45) is 11.7 Å². The van der Waals surface area contributed by atoms with Gasteiger partial charge in [0.15, 0.2) is 0 Å². The number of nitrogens with two attached hydrogens (primary N) is 1. The van der Waals surface area contributed by atoms with Gasteiger partial charge < -0.3 is 10.5 Å². The van der Waals surface area contributed by atoms with Gasteiger partial charge in [0.1, 0.15) is 0 Å². The molecule has 0 aromatic heterocycles. The van der Waals surface area contributed by atoms with Gasteiger partial charge in [0.05, 0.1) is 12.7 Å². The summed E-state index contributed by atoms with van der Waals surface area (Å²) < 4.78 is 5.99. The third kappa shape index (κ3) is 3.70. The zero-order chi connectivity index (χ0) is 12.1. The molecule has 2 N–H and O–H groups in total. The second-order valence-corrected chi connectivity index (χ2v) is 5.19. The van der Waals surface area contributed by atoms with E-state index in [1.807, 2.05) is 24.3 Å². The molecule has 3 heteroatoms. The Hall–Kier alpha value is -0.570. The van der Waals surface area contributed by atoms with Crippen molar-refractivity contribution in [2.75, 3.05) is 6.54 Å². The van der Waals surface area contributed by atoms with Crippen LogP contribution in [0.3, 0.4) is 0 Å². The van der Waals surface area contributed by atoms with Crippen LogP contribution in [0.5, 0.6) is 0 Å². The molecule has 17 heavy (non-hydrogen) atoms. The molecule has 1 aliphatic rings. The number of hydrogen-bond acceptors (Lipinski definition) is 2. The van der Waals surface area contributed by atoms with Crippen LogP contribution in [0.25, 0.3) is 0 Å². The van der Waals surface area contributed by atoms with Crippen LogP contribution in [-0.2, 0) is 11.3 Å². The lowest BCUT2D eigenvalue weighted by molar-refractivity contribution is -0.0183. The molecular formula is C14H20ClNO. The van der Waals surface area contributed by atoms with Crippen molar-refractivity contribution >= 4 is 11.6 Å². The largest absolute Gasteiger partial charge is 0.373 e. The van der Waals surface area contributed by atoms with E-state index >= 15 is 0 Å². The average molecular weight is 254 g/mol. The summed E-state index contributed by atoms with van der Waals surface area (Å²) in [6, 6.07) is 7.84. The second-order valence-electron chi connectivity index (χ2n) is 4.76. The summed E-state index contributed by atoms with van der Waals surface area (Å²) in [5.41, 5.74) is 6.96. The molecule has 0 saturated heterocycles. The van der Waals surface area contributed by atoms with Gasteiger partial charge in [-0.25, -0.2) is 0 Å². The summed E-state index contributed by atoms with van der Waals surface area (Å²) in [5.74, 6) is 0.538. The monoisotopic (exact) mass is 253 g/mol. The van der Waals surface area contributed by atoms with Gasteiger partial charge in [-0.3, -0.25) is 0 Å². The Kier molecular flexibility index (Phi) is 4.84. The predicted molar refractivity (Wildman–Crippen MR) is 71.0 cm³/mol. The predicted octanol–water partition coefficient (Wildman–Crippen LogP) is 3.37. The van der Waals surface area contributed by atoms with Gasteiger partial charge in [0.25, 0.3) is 0 Å². The number of ether oxygens (including phenoxy) is 1. The third-order valence-electron chi connectivity index (χ3n) is 3.52. The van der Waals surface area contributed by atoms with Gasteiger partial charge in [-0.2, -0.15) is 0 Å². The highest BCUT2D eigenvalue weighted by Crippen LogP contribution is 2.26. The van der Waals surface area contributed by atoms with Crippen molar-refractivity contribution in [3.05, 3.63) is 34.9 Å². The maximum Gasteiger partial charge on any atom is 0.0720 e. The lowest BCUT2D eigenvalue weighted by Gasteiger charge is -2.30. The fourth-order valence-corrected chi connectivity index (χ4v) is 2.57. The summed E-state index contributed by atoms with van der Waals surface area (Å²) in [7, 11) is 0. The van der Waals surface area contributed by atoms with Crippen molar-refractivity contribution < 1.29 is 4.74 Å². The topological polar surface area (TPSA) is 35.2 Å². The molecule has 1 fully saturated rings. The Morgan fingerprint density at radius 1 is 1.18 bits per heavy atom. The Morgan fingerprint density at radius 2 is 1.88 bits per heavy atom. The van der Waals surface area contributed by atoms with E-state index in [9.17, 15) is 0 Å². The van der Waals surface area contributed by atoms with E-state index in [-0.39, 0.29) is 0 Å². The summed E-state index contributed by atoms with van der Waals surface area (Å²) in [6.07, 6.45) is 5.26. The highest BCUT2D eigenvalue weighted by molar-refractivity contribution is 6.30. The summed E-state index contributed by atoms with van der Waals surface area (Å²) in [4.78, 5) is 0. The molecule has 0 aliphatic heterocycles. The first kappa shape index (κ1) is 12.9. The van der Waals surface area contributed by atoms with Gasteiger partial charge >= 0.3 is 0 Å². The molecule has 2 atom stereocenters. The Balaban J connectivity index is 1.86. The van der Waals surface area contributed by atoms with Crippen LogP contribution in [0.2, 0.25) is 5.02 Å². The molecule has 2 unspecified atom stereocenters. The molecule has 1 aromatic rings. The van der Waals surface area contributed by atoms with Gasteiger partial charge in [0, 0.05) is 5.02 Å². The van der Waals surface area contributed by atoms with E-state index in [1.165, 1.54) is 24.8 Å². The Morgan fingerprint density at radius 3 is 2.59 bits per heavy atom. The van der Waals surface area contributed by atoms with Crippen LogP contribution in [-0.4, -0.2) is 12.6 Å². The minimum atomic E-state index is 0.337. The lowest BCUT2D eigenvalue weighted by atomic mass is 9.86. The van der Waals surface area contributed by atoms with Crippen molar-refractivity contribution in [1.82, 2.24) is 0 Å². The molecule has 1 aromatic carbocycles. The minimum absolute atomic E-state index is 0.337. The number of halogens is 1. The zero-order valence-corrected chi connectivity index (χ0v) is 10.8.